The third-order valence-corrected chi connectivity index (χ3v) is 3.46. The third kappa shape index (κ3) is 2.07. The highest BCUT2D eigenvalue weighted by Crippen LogP contribution is 2.25. The summed E-state index contributed by atoms with van der Waals surface area (Å²) in [6.45, 7) is 7.81. The molecule has 0 radical (unpaired) electrons. The van der Waals surface area contributed by atoms with E-state index in [1.807, 2.05) is 23.2 Å². The Kier molecular flexibility index (Phi) is 2.83. The summed E-state index contributed by atoms with van der Waals surface area (Å²) < 4.78 is 3.68. The largest absolute Gasteiger partial charge is 0.247 e. The van der Waals surface area contributed by atoms with Crippen molar-refractivity contribution in [3.63, 3.8) is 0 Å². The number of aromatic nitrogens is 1. The molecule has 0 fully saturated rings. The molecule has 3 heteroatoms. The van der Waals surface area contributed by atoms with E-state index in [0.717, 1.165) is 33.2 Å². The maximum absolute atomic E-state index is 4.75. The first-order valence-electron chi connectivity index (χ1n) is 6.47. The number of fused-ring (bicyclic) bond motifs is 2. The molecule has 0 aliphatic rings. The van der Waals surface area contributed by atoms with E-state index in [0.29, 0.717) is 0 Å². The third-order valence-electron chi connectivity index (χ3n) is 3.46. The van der Waals surface area contributed by atoms with Gasteiger partial charge in [-0.2, -0.15) is 0 Å². The lowest BCUT2D eigenvalue weighted by Gasteiger charge is -2.03. The molecule has 2 aromatic carbocycles. The second-order valence-corrected chi connectivity index (χ2v) is 5.14. The first kappa shape index (κ1) is 12.5. The van der Waals surface area contributed by atoms with E-state index in [2.05, 4.69) is 55.9 Å². The summed E-state index contributed by atoms with van der Waals surface area (Å²) >= 11 is 0. The highest BCUT2D eigenvalue weighted by molar-refractivity contribution is 5.94. The smallest absolute Gasteiger partial charge is 0.206 e. The predicted molar refractivity (Wildman–Crippen MR) is 85.2 cm³/mol. The molecule has 0 saturated heterocycles. The molecule has 98 valence electrons. The normalized spacial score (nSPS) is 10.9. The van der Waals surface area contributed by atoms with Gasteiger partial charge >= 0.3 is 0 Å². The maximum Gasteiger partial charge on any atom is 0.206 e. The molecule has 1 aromatic heterocycles. The lowest BCUT2D eigenvalue weighted by Crippen LogP contribution is -1.94. The minimum atomic E-state index is 0.981. The first-order valence-corrected chi connectivity index (χ1v) is 6.47. The quantitative estimate of drug-likeness (QED) is 0.394. The van der Waals surface area contributed by atoms with Crippen LogP contribution in [0.3, 0.4) is 0 Å². The van der Waals surface area contributed by atoms with Crippen molar-refractivity contribution in [2.75, 3.05) is 14.1 Å². The number of rotatable bonds is 2. The molecular weight excluding hydrogens is 246 g/mol. The Morgan fingerprint density at radius 2 is 1.20 bits per heavy atom. The average molecular weight is 263 g/mol. The Bertz CT molecular complexity index is 794. The van der Waals surface area contributed by atoms with Gasteiger partial charge in [0.25, 0.3) is 0 Å². The number of hydrogen-bond acceptors (Lipinski definition) is 1. The van der Waals surface area contributed by atoms with Gasteiger partial charge in [-0.3, -0.25) is 0 Å². The van der Waals surface area contributed by atoms with Crippen LogP contribution in [0.1, 0.15) is 0 Å². The second-order valence-electron chi connectivity index (χ2n) is 5.14. The second kappa shape index (κ2) is 4.53. The minimum Gasteiger partial charge on any atom is -0.247 e. The molecule has 3 aromatic rings. The topological polar surface area (TPSA) is 18.9 Å². The Morgan fingerprint density at radius 1 is 0.750 bits per heavy atom. The van der Waals surface area contributed by atoms with Gasteiger partial charge in [-0.1, -0.05) is 0 Å². The SMILES string of the molecule is C=[N+](C)c1ccc2cc3ccc([N+](=C)C)cc3nc2c1. The van der Waals surface area contributed by atoms with Crippen molar-refractivity contribution in [2.45, 2.75) is 0 Å². The van der Waals surface area contributed by atoms with Crippen LogP contribution in [0.2, 0.25) is 0 Å². The van der Waals surface area contributed by atoms with Gasteiger partial charge in [0.15, 0.2) is 0 Å². The number of pyridine rings is 1. The van der Waals surface area contributed by atoms with Gasteiger partial charge in [-0.15, -0.1) is 0 Å². The molecule has 0 spiro atoms. The Balaban J connectivity index is 2.29. The lowest BCUT2D eigenvalue weighted by atomic mass is 10.1. The van der Waals surface area contributed by atoms with Crippen LogP contribution in [0.5, 0.6) is 0 Å². The van der Waals surface area contributed by atoms with E-state index in [1.54, 1.807) is 0 Å². The highest BCUT2D eigenvalue weighted by Gasteiger charge is 2.08. The molecule has 3 rings (SSSR count). The fourth-order valence-corrected chi connectivity index (χ4v) is 2.27. The fourth-order valence-electron chi connectivity index (χ4n) is 2.27. The van der Waals surface area contributed by atoms with Crippen molar-refractivity contribution < 1.29 is 9.15 Å². The Morgan fingerprint density at radius 3 is 1.60 bits per heavy atom. The zero-order valence-corrected chi connectivity index (χ0v) is 11.8. The van der Waals surface area contributed by atoms with Crippen LogP contribution in [0, 0.1) is 0 Å². The van der Waals surface area contributed by atoms with Gasteiger partial charge in [0, 0.05) is 35.0 Å². The average Bonchev–Trinajstić information content (AvgIpc) is 2.43. The monoisotopic (exact) mass is 263 g/mol. The van der Waals surface area contributed by atoms with E-state index < -0.39 is 0 Å². The van der Waals surface area contributed by atoms with E-state index in [9.17, 15) is 0 Å². The van der Waals surface area contributed by atoms with Crippen LogP contribution in [0.25, 0.3) is 21.8 Å². The molecule has 0 aliphatic carbocycles. The molecule has 0 unspecified atom stereocenters. The lowest BCUT2D eigenvalue weighted by molar-refractivity contribution is -0.394. The summed E-state index contributed by atoms with van der Waals surface area (Å²) in [5.74, 6) is 0. The van der Waals surface area contributed by atoms with Crippen molar-refractivity contribution >= 4 is 46.6 Å². The fraction of sp³-hybridized carbons (Fsp3) is 0.118. The van der Waals surface area contributed by atoms with Crippen LogP contribution in [-0.4, -0.2) is 41.7 Å². The number of hydrogen-bond donors (Lipinski definition) is 0. The van der Waals surface area contributed by atoms with Crippen molar-refractivity contribution in [3.05, 3.63) is 42.5 Å². The summed E-state index contributed by atoms with van der Waals surface area (Å²) in [6.07, 6.45) is 0. The molecule has 0 saturated carbocycles. The van der Waals surface area contributed by atoms with Crippen LogP contribution in [0.4, 0.5) is 11.4 Å². The van der Waals surface area contributed by atoms with Gasteiger partial charge in [-0.05, 0) is 18.2 Å². The summed E-state index contributed by atoms with van der Waals surface area (Å²) in [5, 5.41) is 2.28. The molecular formula is C17H17N3+2. The van der Waals surface area contributed by atoms with Gasteiger partial charge in [0.05, 0.1) is 11.0 Å². The zero-order valence-electron chi connectivity index (χ0n) is 11.8. The van der Waals surface area contributed by atoms with Crippen molar-refractivity contribution in [3.8, 4) is 0 Å². The van der Waals surface area contributed by atoms with Crippen molar-refractivity contribution in [2.24, 2.45) is 0 Å². The van der Waals surface area contributed by atoms with Gasteiger partial charge in [0.1, 0.15) is 27.5 Å². The zero-order chi connectivity index (χ0) is 14.3. The van der Waals surface area contributed by atoms with Crippen LogP contribution >= 0.6 is 0 Å². The molecule has 0 N–H and O–H groups in total. The van der Waals surface area contributed by atoms with E-state index in [-0.39, 0.29) is 0 Å². The standard InChI is InChI=1S/C17H17N3/c1-19(2)14-7-5-12-9-13-6-8-15(20(3)4)11-17(13)18-16(12)10-14/h5-11H,1,3H2,2,4H3/q+2. The van der Waals surface area contributed by atoms with E-state index in [4.69, 9.17) is 4.98 Å². The Hall–Kier alpha value is -2.55. The maximum atomic E-state index is 4.75. The van der Waals surface area contributed by atoms with Crippen molar-refractivity contribution in [1.82, 2.24) is 4.98 Å². The molecule has 0 bridgehead atoms. The molecule has 20 heavy (non-hydrogen) atoms. The first-order chi connectivity index (χ1) is 9.54. The van der Waals surface area contributed by atoms with Gasteiger partial charge < -0.3 is 0 Å². The summed E-state index contributed by atoms with van der Waals surface area (Å²) in [5.41, 5.74) is 4.06. The van der Waals surface area contributed by atoms with Crippen molar-refractivity contribution in [1.29, 1.82) is 0 Å². The van der Waals surface area contributed by atoms with Gasteiger partial charge in [0.2, 0.25) is 11.4 Å². The number of nitrogens with zero attached hydrogens (tertiary/aromatic N) is 3. The summed E-state index contributed by atoms with van der Waals surface area (Å²) in [7, 11) is 3.86. The predicted octanol–water partition coefficient (Wildman–Crippen LogP) is 3.34. The van der Waals surface area contributed by atoms with Crippen LogP contribution in [0.15, 0.2) is 42.5 Å². The molecule has 0 amide bonds. The van der Waals surface area contributed by atoms with E-state index in [1.165, 1.54) is 0 Å². The summed E-state index contributed by atoms with van der Waals surface area (Å²) in [6, 6.07) is 14.6. The minimum absolute atomic E-state index is 0.981. The van der Waals surface area contributed by atoms with Crippen LogP contribution < -0.4 is 0 Å². The molecule has 3 nitrogen and oxygen atoms in total. The summed E-state index contributed by atoms with van der Waals surface area (Å²) in [4.78, 5) is 4.75. The molecule has 0 atom stereocenters. The molecule has 1 heterocycles. The van der Waals surface area contributed by atoms with E-state index >= 15 is 0 Å². The Labute approximate surface area is 118 Å². The molecule has 0 aliphatic heterocycles. The highest BCUT2D eigenvalue weighted by atomic mass is 14.9. The van der Waals surface area contributed by atoms with Gasteiger partial charge in [-0.25, -0.2) is 14.1 Å². The van der Waals surface area contributed by atoms with Crippen LogP contribution in [-0.2, 0) is 0 Å². The number of benzene rings is 2.